The van der Waals surface area contributed by atoms with Gasteiger partial charge in [-0.05, 0) is 30.7 Å². The predicted molar refractivity (Wildman–Crippen MR) is 83.6 cm³/mol. The molecule has 0 spiro atoms. The highest BCUT2D eigenvalue weighted by molar-refractivity contribution is 7.92. The number of hydrogen-bond donors (Lipinski definition) is 1. The van der Waals surface area contributed by atoms with E-state index < -0.39 is 10.0 Å². The van der Waals surface area contributed by atoms with E-state index in [0.29, 0.717) is 25.1 Å². The smallest absolute Gasteiger partial charge is 0.235 e. The van der Waals surface area contributed by atoms with Gasteiger partial charge in [0.1, 0.15) is 0 Å². The molecule has 0 saturated carbocycles. The third-order valence-corrected chi connectivity index (χ3v) is 5.47. The van der Waals surface area contributed by atoms with Gasteiger partial charge in [0.15, 0.2) is 0 Å². The number of fused-ring (bicyclic) bond motifs is 1. The molecule has 3 rings (SSSR count). The van der Waals surface area contributed by atoms with Gasteiger partial charge in [-0.3, -0.25) is 9.29 Å². The molecule has 0 radical (unpaired) electrons. The Labute approximate surface area is 124 Å². The van der Waals surface area contributed by atoms with Gasteiger partial charge in [-0.15, -0.1) is 0 Å². The largest absolute Gasteiger partial charge is 0.398 e. The SMILES string of the molecule is Nc1cccc2c1CCN2S(=O)(=O)CCc1ccccn1. The normalized spacial score (nSPS) is 14.2. The summed E-state index contributed by atoms with van der Waals surface area (Å²) in [7, 11) is -3.35. The van der Waals surface area contributed by atoms with Crippen molar-refractivity contribution in [3.8, 4) is 0 Å². The molecule has 2 aromatic rings. The van der Waals surface area contributed by atoms with Gasteiger partial charge < -0.3 is 5.73 Å². The van der Waals surface area contributed by atoms with Crippen molar-refractivity contribution in [1.82, 2.24) is 4.98 Å². The third kappa shape index (κ3) is 2.71. The van der Waals surface area contributed by atoms with Crippen LogP contribution in [0.2, 0.25) is 0 Å². The quantitative estimate of drug-likeness (QED) is 0.870. The van der Waals surface area contributed by atoms with Gasteiger partial charge in [-0.1, -0.05) is 12.1 Å². The molecule has 1 aliphatic rings. The first kappa shape index (κ1) is 13.9. The number of hydrogen-bond acceptors (Lipinski definition) is 4. The summed E-state index contributed by atoms with van der Waals surface area (Å²) in [6, 6.07) is 10.9. The van der Waals surface area contributed by atoms with Crippen LogP contribution in [0, 0.1) is 0 Å². The van der Waals surface area contributed by atoms with Crippen molar-refractivity contribution in [3.63, 3.8) is 0 Å². The van der Waals surface area contributed by atoms with Crippen molar-refractivity contribution in [2.75, 3.05) is 22.3 Å². The van der Waals surface area contributed by atoms with E-state index in [1.807, 2.05) is 30.3 Å². The van der Waals surface area contributed by atoms with Gasteiger partial charge in [0.25, 0.3) is 0 Å². The molecule has 1 aromatic carbocycles. The summed E-state index contributed by atoms with van der Waals surface area (Å²) in [6.07, 6.45) is 2.76. The van der Waals surface area contributed by atoms with Crippen LogP contribution in [0.25, 0.3) is 0 Å². The number of benzene rings is 1. The molecule has 0 fully saturated rings. The van der Waals surface area contributed by atoms with E-state index in [9.17, 15) is 8.42 Å². The van der Waals surface area contributed by atoms with Gasteiger partial charge in [0, 0.05) is 36.1 Å². The number of anilines is 2. The summed E-state index contributed by atoms with van der Waals surface area (Å²) in [4.78, 5) is 4.16. The number of rotatable bonds is 4. The van der Waals surface area contributed by atoms with Crippen LogP contribution in [0.4, 0.5) is 11.4 Å². The number of aryl methyl sites for hydroxylation is 1. The van der Waals surface area contributed by atoms with Crippen molar-refractivity contribution < 1.29 is 8.42 Å². The summed E-state index contributed by atoms with van der Waals surface area (Å²) in [6.45, 7) is 0.466. The molecular formula is C15H17N3O2S. The Hall–Kier alpha value is -2.08. The average Bonchev–Trinajstić information content (AvgIpc) is 2.93. The molecule has 1 aromatic heterocycles. The van der Waals surface area contributed by atoms with E-state index in [1.54, 1.807) is 12.3 Å². The maximum atomic E-state index is 12.5. The monoisotopic (exact) mass is 303 g/mol. The van der Waals surface area contributed by atoms with Gasteiger partial charge in [0.05, 0.1) is 11.4 Å². The van der Waals surface area contributed by atoms with E-state index >= 15 is 0 Å². The zero-order valence-corrected chi connectivity index (χ0v) is 12.4. The lowest BCUT2D eigenvalue weighted by Gasteiger charge is -2.19. The lowest BCUT2D eigenvalue weighted by Crippen LogP contribution is -2.32. The minimum Gasteiger partial charge on any atom is -0.398 e. The second-order valence-electron chi connectivity index (χ2n) is 5.05. The molecule has 1 aliphatic heterocycles. The highest BCUT2D eigenvalue weighted by atomic mass is 32.2. The van der Waals surface area contributed by atoms with Gasteiger partial charge in [-0.2, -0.15) is 0 Å². The Bertz CT molecular complexity index is 745. The number of nitrogens with two attached hydrogens (primary N) is 1. The summed E-state index contributed by atoms with van der Waals surface area (Å²) >= 11 is 0. The molecule has 0 amide bonds. The van der Waals surface area contributed by atoms with E-state index in [4.69, 9.17) is 5.73 Å². The fraction of sp³-hybridized carbons (Fsp3) is 0.267. The maximum absolute atomic E-state index is 12.5. The van der Waals surface area contributed by atoms with Gasteiger partial charge >= 0.3 is 0 Å². The van der Waals surface area contributed by atoms with Crippen LogP contribution in [0.1, 0.15) is 11.3 Å². The van der Waals surface area contributed by atoms with Crippen molar-refractivity contribution in [1.29, 1.82) is 0 Å². The van der Waals surface area contributed by atoms with Crippen LogP contribution in [-0.4, -0.2) is 25.7 Å². The number of pyridine rings is 1. The molecule has 21 heavy (non-hydrogen) atoms. The number of nitrogens with zero attached hydrogens (tertiary/aromatic N) is 2. The molecular weight excluding hydrogens is 286 g/mol. The lowest BCUT2D eigenvalue weighted by atomic mass is 10.1. The standard InChI is InChI=1S/C15H17N3O2S/c16-14-5-3-6-15-13(14)7-10-18(15)21(19,20)11-8-12-4-1-2-9-17-12/h1-6,9H,7-8,10-11,16H2. The summed E-state index contributed by atoms with van der Waals surface area (Å²) in [5.74, 6) is 0.0538. The Morgan fingerprint density at radius 3 is 2.81 bits per heavy atom. The van der Waals surface area contributed by atoms with Crippen LogP contribution in [0.15, 0.2) is 42.6 Å². The molecule has 110 valence electrons. The zero-order valence-electron chi connectivity index (χ0n) is 11.6. The van der Waals surface area contributed by atoms with Crippen molar-refractivity contribution in [2.45, 2.75) is 12.8 Å². The molecule has 5 nitrogen and oxygen atoms in total. The van der Waals surface area contributed by atoms with Crippen LogP contribution in [0.3, 0.4) is 0 Å². The van der Waals surface area contributed by atoms with Crippen LogP contribution in [-0.2, 0) is 22.9 Å². The average molecular weight is 303 g/mol. The second kappa shape index (κ2) is 5.37. The number of nitrogen functional groups attached to an aromatic ring is 1. The van der Waals surface area contributed by atoms with Crippen LogP contribution in [0.5, 0.6) is 0 Å². The topological polar surface area (TPSA) is 76.3 Å². The van der Waals surface area contributed by atoms with Crippen molar-refractivity contribution in [3.05, 3.63) is 53.9 Å². The lowest BCUT2D eigenvalue weighted by molar-refractivity contribution is 0.591. The summed E-state index contributed by atoms with van der Waals surface area (Å²) in [5, 5.41) is 0. The van der Waals surface area contributed by atoms with E-state index in [0.717, 1.165) is 16.9 Å². The summed E-state index contributed by atoms with van der Waals surface area (Å²) < 4.78 is 26.5. The third-order valence-electron chi connectivity index (χ3n) is 3.70. The molecule has 0 aliphatic carbocycles. The Morgan fingerprint density at radius 2 is 2.05 bits per heavy atom. The van der Waals surface area contributed by atoms with Gasteiger partial charge in [0.2, 0.25) is 10.0 Å². The number of sulfonamides is 1. The Balaban J connectivity index is 1.80. The second-order valence-corrected chi connectivity index (χ2v) is 7.07. The zero-order chi connectivity index (χ0) is 14.9. The first-order valence-corrected chi connectivity index (χ1v) is 8.46. The molecule has 2 heterocycles. The fourth-order valence-electron chi connectivity index (χ4n) is 2.61. The van der Waals surface area contributed by atoms with Crippen molar-refractivity contribution in [2.24, 2.45) is 0 Å². The Kier molecular flexibility index (Phi) is 3.55. The highest BCUT2D eigenvalue weighted by Crippen LogP contribution is 2.34. The maximum Gasteiger partial charge on any atom is 0.235 e. The molecule has 2 N–H and O–H groups in total. The molecule has 0 bridgehead atoms. The first-order chi connectivity index (χ1) is 10.1. The first-order valence-electron chi connectivity index (χ1n) is 6.85. The van der Waals surface area contributed by atoms with E-state index in [2.05, 4.69) is 4.98 Å². The minimum absolute atomic E-state index is 0.0538. The summed E-state index contributed by atoms with van der Waals surface area (Å²) in [5.41, 5.74) is 9.01. The van der Waals surface area contributed by atoms with Crippen LogP contribution >= 0.6 is 0 Å². The van der Waals surface area contributed by atoms with Gasteiger partial charge in [-0.25, -0.2) is 8.42 Å². The number of aromatic nitrogens is 1. The fourth-order valence-corrected chi connectivity index (χ4v) is 4.14. The minimum atomic E-state index is -3.35. The van der Waals surface area contributed by atoms with Crippen LogP contribution < -0.4 is 10.0 Å². The predicted octanol–water partition coefficient (Wildman–Crippen LogP) is 1.60. The Morgan fingerprint density at radius 1 is 1.19 bits per heavy atom. The molecule has 0 saturated heterocycles. The van der Waals surface area contributed by atoms with E-state index in [1.165, 1.54) is 4.31 Å². The molecule has 0 atom stereocenters. The van der Waals surface area contributed by atoms with E-state index in [-0.39, 0.29) is 5.75 Å². The molecule has 6 heteroatoms. The van der Waals surface area contributed by atoms with Crippen molar-refractivity contribution >= 4 is 21.4 Å². The highest BCUT2D eigenvalue weighted by Gasteiger charge is 2.30. The molecule has 0 unspecified atom stereocenters.